The lowest BCUT2D eigenvalue weighted by molar-refractivity contribution is -0.150. The van der Waals surface area contributed by atoms with Crippen LogP contribution in [0.5, 0.6) is 0 Å². The molecule has 0 spiro atoms. The smallest absolute Gasteiger partial charge is 0.160 e. The molecule has 1 unspecified atom stereocenters. The highest BCUT2D eigenvalue weighted by atomic mass is 16.6. The van der Waals surface area contributed by atoms with E-state index in [1.54, 1.807) is 4.68 Å². The second-order valence-electron chi connectivity index (χ2n) is 8.05. The molecule has 6 heteroatoms. The third-order valence-corrected chi connectivity index (χ3v) is 5.87. The largest absolute Gasteiger partial charge is 0.392 e. The molecule has 0 aliphatic carbocycles. The Bertz CT molecular complexity index is 994. The van der Waals surface area contributed by atoms with Crippen molar-refractivity contribution in [3.8, 4) is 0 Å². The van der Waals surface area contributed by atoms with E-state index in [-0.39, 0.29) is 12.5 Å². The van der Waals surface area contributed by atoms with Crippen molar-refractivity contribution < 1.29 is 14.9 Å². The lowest BCUT2D eigenvalue weighted by Crippen LogP contribution is -2.37. The van der Waals surface area contributed by atoms with Crippen molar-refractivity contribution >= 4 is 11.0 Å². The van der Waals surface area contributed by atoms with Crippen molar-refractivity contribution in [3.63, 3.8) is 0 Å². The summed E-state index contributed by atoms with van der Waals surface area (Å²) < 4.78 is 7.08. The van der Waals surface area contributed by atoms with E-state index in [9.17, 15) is 10.2 Å². The van der Waals surface area contributed by atoms with Gasteiger partial charge in [0, 0.05) is 25.5 Å². The van der Waals surface area contributed by atoms with E-state index in [1.807, 2.05) is 52.9 Å². The standard InChI is InChI=1S/C22H29N3O3/c1-13-7-8-15(11-16(13)12-26)19(22(3,4)21(27)28-6)17-9-10-18-20(14(17)2)23-24-25(18)5/h7-11,19,21,26-27H,12H2,1-6H3/t19-,21?/m1/s1. The van der Waals surface area contributed by atoms with E-state index in [0.29, 0.717) is 0 Å². The van der Waals surface area contributed by atoms with Gasteiger partial charge in [0.05, 0.1) is 12.1 Å². The van der Waals surface area contributed by atoms with Crippen LogP contribution >= 0.6 is 0 Å². The maximum atomic E-state index is 10.7. The fourth-order valence-corrected chi connectivity index (χ4v) is 4.06. The number of methoxy groups -OCH3 is 1. The Balaban J connectivity index is 2.27. The SMILES string of the molecule is COC(O)C(C)(C)[C@H](c1ccc(C)c(CO)c1)c1ccc2c(nnn2C)c1C. The van der Waals surface area contributed by atoms with Gasteiger partial charge in [-0.1, -0.05) is 43.3 Å². The van der Waals surface area contributed by atoms with Crippen LogP contribution in [0.2, 0.25) is 0 Å². The van der Waals surface area contributed by atoms with Crippen LogP contribution < -0.4 is 0 Å². The molecule has 1 aromatic heterocycles. The van der Waals surface area contributed by atoms with E-state index in [0.717, 1.165) is 38.9 Å². The number of nitrogens with zero attached hydrogens (tertiary/aromatic N) is 3. The fourth-order valence-electron chi connectivity index (χ4n) is 4.06. The van der Waals surface area contributed by atoms with Crippen molar-refractivity contribution in [2.75, 3.05) is 7.11 Å². The number of ether oxygens (including phenoxy) is 1. The molecule has 2 N–H and O–H groups in total. The number of fused-ring (bicyclic) bond motifs is 1. The minimum atomic E-state index is -0.965. The van der Waals surface area contributed by atoms with E-state index in [1.165, 1.54) is 7.11 Å². The van der Waals surface area contributed by atoms with Crippen molar-refractivity contribution in [2.45, 2.75) is 46.5 Å². The maximum Gasteiger partial charge on any atom is 0.160 e. The van der Waals surface area contributed by atoms with Crippen LogP contribution in [0.3, 0.4) is 0 Å². The average molecular weight is 383 g/mol. The summed E-state index contributed by atoms with van der Waals surface area (Å²) in [5.74, 6) is -0.167. The highest BCUT2D eigenvalue weighted by Crippen LogP contribution is 2.45. The van der Waals surface area contributed by atoms with Crippen molar-refractivity contribution in [2.24, 2.45) is 12.5 Å². The summed E-state index contributed by atoms with van der Waals surface area (Å²) in [6.07, 6.45) is -0.965. The number of aliphatic hydroxyl groups excluding tert-OH is 2. The van der Waals surface area contributed by atoms with Gasteiger partial charge in [-0.2, -0.15) is 0 Å². The molecule has 1 heterocycles. The molecular weight excluding hydrogens is 354 g/mol. The predicted octanol–water partition coefficient (Wildman–Crippen LogP) is 3.20. The second-order valence-corrected chi connectivity index (χ2v) is 8.05. The number of aromatic nitrogens is 3. The van der Waals surface area contributed by atoms with Crippen LogP contribution in [0.4, 0.5) is 0 Å². The Morgan fingerprint density at radius 2 is 1.89 bits per heavy atom. The number of hydrogen-bond donors (Lipinski definition) is 2. The molecule has 0 fully saturated rings. The van der Waals surface area contributed by atoms with E-state index in [2.05, 4.69) is 22.4 Å². The van der Waals surface area contributed by atoms with Gasteiger partial charge in [-0.25, -0.2) is 4.68 Å². The van der Waals surface area contributed by atoms with E-state index in [4.69, 9.17) is 4.74 Å². The number of hydrogen-bond acceptors (Lipinski definition) is 5. The number of aliphatic hydroxyl groups is 2. The normalized spacial score (nSPS) is 14.4. The number of benzene rings is 2. The van der Waals surface area contributed by atoms with Gasteiger partial charge >= 0.3 is 0 Å². The number of rotatable bonds is 6. The molecule has 2 atom stereocenters. The van der Waals surface area contributed by atoms with Gasteiger partial charge in [0.25, 0.3) is 0 Å². The van der Waals surface area contributed by atoms with Gasteiger partial charge in [-0.15, -0.1) is 5.10 Å². The molecule has 0 bridgehead atoms. The van der Waals surface area contributed by atoms with Crippen LogP contribution in [-0.2, 0) is 18.4 Å². The topological polar surface area (TPSA) is 80.4 Å². The average Bonchev–Trinajstić information content (AvgIpc) is 3.05. The first-order valence-electron chi connectivity index (χ1n) is 9.42. The summed E-state index contributed by atoms with van der Waals surface area (Å²) in [6.45, 7) is 7.98. The number of aryl methyl sites for hydroxylation is 3. The van der Waals surface area contributed by atoms with Crippen LogP contribution in [0.15, 0.2) is 30.3 Å². The summed E-state index contributed by atoms with van der Waals surface area (Å²) in [4.78, 5) is 0. The summed E-state index contributed by atoms with van der Waals surface area (Å²) in [7, 11) is 3.38. The molecule has 0 saturated heterocycles. The highest BCUT2D eigenvalue weighted by Gasteiger charge is 2.40. The first-order chi connectivity index (χ1) is 13.2. The minimum absolute atomic E-state index is 0.0260. The first kappa shape index (κ1) is 20.5. The molecule has 3 aromatic rings. The summed E-state index contributed by atoms with van der Waals surface area (Å²) >= 11 is 0. The summed E-state index contributed by atoms with van der Waals surface area (Å²) in [5.41, 5.74) is 6.20. The zero-order chi connectivity index (χ0) is 20.6. The molecule has 0 amide bonds. The third kappa shape index (κ3) is 3.32. The van der Waals surface area contributed by atoms with Crippen molar-refractivity contribution in [1.29, 1.82) is 0 Å². The molecule has 2 aromatic carbocycles. The van der Waals surface area contributed by atoms with Crippen LogP contribution in [-0.4, -0.2) is 38.6 Å². The van der Waals surface area contributed by atoms with Crippen LogP contribution in [0, 0.1) is 19.3 Å². The Hall–Kier alpha value is -2.28. The molecule has 0 saturated carbocycles. The van der Waals surface area contributed by atoms with Crippen molar-refractivity contribution in [1.82, 2.24) is 15.0 Å². The zero-order valence-electron chi connectivity index (χ0n) is 17.4. The molecule has 0 aliphatic rings. The molecular formula is C22H29N3O3. The minimum Gasteiger partial charge on any atom is -0.392 e. The van der Waals surface area contributed by atoms with Crippen LogP contribution in [0.1, 0.15) is 47.6 Å². The highest BCUT2D eigenvalue weighted by molar-refractivity contribution is 5.79. The van der Waals surface area contributed by atoms with Crippen molar-refractivity contribution in [3.05, 3.63) is 58.1 Å². The second kappa shape index (κ2) is 7.62. The molecule has 150 valence electrons. The fraction of sp³-hybridized carbons (Fsp3) is 0.455. The lowest BCUT2D eigenvalue weighted by atomic mass is 9.69. The third-order valence-electron chi connectivity index (χ3n) is 5.87. The van der Waals surface area contributed by atoms with Gasteiger partial charge < -0.3 is 14.9 Å². The summed E-state index contributed by atoms with van der Waals surface area (Å²) in [6, 6.07) is 10.2. The van der Waals surface area contributed by atoms with Gasteiger partial charge in [0.1, 0.15) is 5.52 Å². The quantitative estimate of drug-likeness (QED) is 0.639. The molecule has 3 rings (SSSR count). The Morgan fingerprint density at radius 3 is 2.54 bits per heavy atom. The predicted molar refractivity (Wildman–Crippen MR) is 109 cm³/mol. The lowest BCUT2D eigenvalue weighted by Gasteiger charge is -2.39. The zero-order valence-corrected chi connectivity index (χ0v) is 17.4. The Labute approximate surface area is 165 Å². The Kier molecular flexibility index (Phi) is 5.57. The van der Waals surface area contributed by atoms with Gasteiger partial charge in [0.15, 0.2) is 6.29 Å². The van der Waals surface area contributed by atoms with Gasteiger partial charge in [0.2, 0.25) is 0 Å². The van der Waals surface area contributed by atoms with Crippen LogP contribution in [0.25, 0.3) is 11.0 Å². The van der Waals surface area contributed by atoms with Gasteiger partial charge in [-0.05, 0) is 47.7 Å². The molecule has 0 aliphatic heterocycles. The first-order valence-corrected chi connectivity index (χ1v) is 9.42. The molecule has 6 nitrogen and oxygen atoms in total. The van der Waals surface area contributed by atoms with E-state index < -0.39 is 11.7 Å². The maximum absolute atomic E-state index is 10.7. The molecule has 28 heavy (non-hydrogen) atoms. The van der Waals surface area contributed by atoms with Gasteiger partial charge in [-0.3, -0.25) is 0 Å². The monoisotopic (exact) mass is 383 g/mol. The summed E-state index contributed by atoms with van der Waals surface area (Å²) in [5, 5.41) is 28.9. The van der Waals surface area contributed by atoms with E-state index >= 15 is 0 Å². The Morgan fingerprint density at radius 1 is 1.18 bits per heavy atom. The molecule has 0 radical (unpaired) electrons.